The molecule has 39 heavy (non-hydrogen) atoms. The second-order valence-electron chi connectivity index (χ2n) is 8.03. The smallest absolute Gasteiger partial charge is 0.270 e. The van der Waals surface area contributed by atoms with Crippen molar-refractivity contribution in [3.05, 3.63) is 107 Å². The molecule has 2 aromatic heterocycles. The zero-order chi connectivity index (χ0) is 27.0. The van der Waals surface area contributed by atoms with Crippen molar-refractivity contribution in [1.29, 1.82) is 0 Å². The topological polar surface area (TPSA) is 153 Å². The van der Waals surface area contributed by atoms with Crippen LogP contribution in [0.25, 0.3) is 11.3 Å². The molecule has 0 aliphatic heterocycles. The van der Waals surface area contributed by atoms with Crippen LogP contribution >= 0.6 is 0 Å². The van der Waals surface area contributed by atoms with E-state index in [2.05, 4.69) is 36.1 Å². The van der Waals surface area contributed by atoms with E-state index in [0.29, 0.717) is 23.0 Å². The molecule has 0 radical (unpaired) electrons. The second kappa shape index (κ2) is 11.5. The Labute approximate surface area is 222 Å². The van der Waals surface area contributed by atoms with Crippen molar-refractivity contribution >= 4 is 41.1 Å². The zero-order valence-corrected chi connectivity index (χ0v) is 20.6. The second-order valence-corrected chi connectivity index (χ2v) is 8.03. The minimum absolute atomic E-state index is 0.0189. The summed E-state index contributed by atoms with van der Waals surface area (Å²) in [6.45, 7) is 0. The van der Waals surface area contributed by atoms with Gasteiger partial charge in [-0.2, -0.15) is 20.1 Å². The number of anilines is 5. The van der Waals surface area contributed by atoms with Crippen molar-refractivity contribution in [3.63, 3.8) is 0 Å². The number of hydrazone groups is 1. The lowest BCUT2D eigenvalue weighted by Gasteiger charge is -2.10. The number of non-ortho nitro benzene ring substituents is 1. The summed E-state index contributed by atoms with van der Waals surface area (Å²) in [6.07, 6.45) is 1.45. The number of rotatable bonds is 10. The zero-order valence-electron chi connectivity index (χ0n) is 20.6. The number of ether oxygens (including phenoxy) is 1. The Morgan fingerprint density at radius 3 is 2.23 bits per heavy atom. The summed E-state index contributed by atoms with van der Waals surface area (Å²) in [4.78, 5) is 23.9. The van der Waals surface area contributed by atoms with Crippen molar-refractivity contribution < 1.29 is 14.1 Å². The van der Waals surface area contributed by atoms with Crippen LogP contribution in [0.5, 0.6) is 5.75 Å². The predicted octanol–water partition coefficient (Wildman–Crippen LogP) is 5.98. The summed E-state index contributed by atoms with van der Waals surface area (Å²) >= 11 is 0. The molecule has 12 nitrogen and oxygen atoms in total. The van der Waals surface area contributed by atoms with Gasteiger partial charge >= 0.3 is 0 Å². The van der Waals surface area contributed by atoms with Crippen LogP contribution in [0.2, 0.25) is 0 Å². The molecule has 0 bridgehead atoms. The standard InChI is InChI=1S/C27H22N8O4/c1-38-22-12-10-20(11-13-22)30-26-31-25(29-19-7-3-2-4-8-19)32-27(33-26)34-28-17-23-14-15-24(39-23)18-6-5-9-21(16-18)35(36)37/h2-17H,1H3,(H3,29,30,31,32,33,34)/b28-17+. The molecule has 12 heteroatoms. The van der Waals surface area contributed by atoms with Crippen molar-refractivity contribution in [2.24, 2.45) is 5.10 Å². The molecule has 3 aromatic carbocycles. The molecule has 0 saturated carbocycles. The number of methoxy groups -OCH3 is 1. The van der Waals surface area contributed by atoms with E-state index in [1.165, 1.54) is 18.3 Å². The number of para-hydroxylation sites is 1. The Kier molecular flexibility index (Phi) is 7.35. The Morgan fingerprint density at radius 2 is 1.54 bits per heavy atom. The number of hydrogen-bond acceptors (Lipinski definition) is 11. The van der Waals surface area contributed by atoms with Gasteiger partial charge in [-0.25, -0.2) is 5.43 Å². The Morgan fingerprint density at radius 1 is 0.846 bits per heavy atom. The van der Waals surface area contributed by atoms with Crippen LogP contribution in [0.1, 0.15) is 5.76 Å². The number of benzene rings is 3. The van der Waals surface area contributed by atoms with E-state index < -0.39 is 4.92 Å². The first-order valence-electron chi connectivity index (χ1n) is 11.7. The summed E-state index contributed by atoms with van der Waals surface area (Å²) in [6, 6.07) is 26.4. The van der Waals surface area contributed by atoms with Crippen molar-refractivity contribution in [3.8, 4) is 17.1 Å². The lowest BCUT2D eigenvalue weighted by molar-refractivity contribution is -0.384. The molecule has 5 rings (SSSR count). The summed E-state index contributed by atoms with van der Waals surface area (Å²) in [5, 5.41) is 21.5. The molecule has 194 valence electrons. The Hall–Kier alpha value is -5.78. The predicted molar refractivity (Wildman–Crippen MR) is 148 cm³/mol. The third kappa shape index (κ3) is 6.51. The molecular weight excluding hydrogens is 500 g/mol. The maximum atomic E-state index is 11.1. The summed E-state index contributed by atoms with van der Waals surface area (Å²) < 4.78 is 11.0. The van der Waals surface area contributed by atoms with E-state index in [1.807, 2.05) is 54.6 Å². The van der Waals surface area contributed by atoms with Crippen LogP contribution in [0.4, 0.5) is 34.9 Å². The number of nitro groups is 1. The largest absolute Gasteiger partial charge is 0.497 e. The molecule has 0 spiro atoms. The van der Waals surface area contributed by atoms with Crippen LogP contribution in [0.15, 0.2) is 101 Å². The van der Waals surface area contributed by atoms with Gasteiger partial charge in [0.2, 0.25) is 17.8 Å². The summed E-state index contributed by atoms with van der Waals surface area (Å²) in [5.41, 5.74) is 4.92. The fourth-order valence-corrected chi connectivity index (χ4v) is 3.50. The van der Waals surface area contributed by atoms with Crippen LogP contribution < -0.4 is 20.8 Å². The maximum Gasteiger partial charge on any atom is 0.270 e. The third-order valence-electron chi connectivity index (χ3n) is 5.34. The minimum atomic E-state index is -0.452. The fraction of sp³-hybridized carbons (Fsp3) is 0.0370. The number of hydrogen-bond donors (Lipinski definition) is 3. The monoisotopic (exact) mass is 522 g/mol. The van der Waals surface area contributed by atoms with E-state index in [-0.39, 0.29) is 17.6 Å². The average molecular weight is 523 g/mol. The molecule has 0 unspecified atom stereocenters. The van der Waals surface area contributed by atoms with Crippen LogP contribution in [-0.2, 0) is 0 Å². The third-order valence-corrected chi connectivity index (χ3v) is 5.34. The highest BCUT2D eigenvalue weighted by Crippen LogP contribution is 2.25. The van der Waals surface area contributed by atoms with Gasteiger partial charge in [-0.1, -0.05) is 30.3 Å². The molecular formula is C27H22N8O4. The van der Waals surface area contributed by atoms with Crippen molar-refractivity contribution in [1.82, 2.24) is 15.0 Å². The molecule has 0 aliphatic rings. The highest BCUT2D eigenvalue weighted by Gasteiger charge is 2.11. The first kappa shape index (κ1) is 24.9. The maximum absolute atomic E-state index is 11.1. The van der Waals surface area contributed by atoms with Gasteiger partial charge in [0.15, 0.2) is 0 Å². The quantitative estimate of drug-likeness (QED) is 0.113. The van der Waals surface area contributed by atoms with Gasteiger partial charge in [-0.3, -0.25) is 10.1 Å². The number of nitrogens with zero attached hydrogens (tertiary/aromatic N) is 5. The fourth-order valence-electron chi connectivity index (χ4n) is 3.50. The number of aromatic nitrogens is 3. The van der Waals surface area contributed by atoms with Crippen molar-refractivity contribution in [2.75, 3.05) is 23.2 Å². The van der Waals surface area contributed by atoms with Crippen molar-refractivity contribution in [2.45, 2.75) is 0 Å². The van der Waals surface area contributed by atoms with Gasteiger partial charge < -0.3 is 19.8 Å². The Balaban J connectivity index is 1.34. The number of furan rings is 1. The molecule has 0 atom stereocenters. The first-order valence-corrected chi connectivity index (χ1v) is 11.7. The molecule has 0 saturated heterocycles. The van der Waals surface area contributed by atoms with Crippen LogP contribution in [-0.4, -0.2) is 33.2 Å². The first-order chi connectivity index (χ1) is 19.1. The van der Waals surface area contributed by atoms with E-state index >= 15 is 0 Å². The normalized spacial score (nSPS) is 10.8. The highest BCUT2D eigenvalue weighted by molar-refractivity contribution is 5.78. The van der Waals surface area contributed by atoms with E-state index in [1.54, 1.807) is 31.4 Å². The SMILES string of the molecule is COc1ccc(Nc2nc(N/N=C/c3ccc(-c4cccc([N+](=O)[O-])c4)o3)nc(Nc3ccccc3)n2)cc1. The van der Waals surface area contributed by atoms with E-state index in [4.69, 9.17) is 9.15 Å². The van der Waals surface area contributed by atoms with Gasteiger partial charge in [-0.05, 0) is 48.5 Å². The van der Waals surface area contributed by atoms with Crippen LogP contribution in [0, 0.1) is 10.1 Å². The van der Waals surface area contributed by atoms with Gasteiger partial charge in [0.05, 0.1) is 18.2 Å². The summed E-state index contributed by atoms with van der Waals surface area (Å²) in [5.74, 6) is 2.40. The van der Waals surface area contributed by atoms with E-state index in [9.17, 15) is 10.1 Å². The van der Waals surface area contributed by atoms with Crippen LogP contribution in [0.3, 0.4) is 0 Å². The van der Waals surface area contributed by atoms with Gasteiger partial charge in [0.1, 0.15) is 17.3 Å². The molecule has 3 N–H and O–H groups in total. The average Bonchev–Trinajstić information content (AvgIpc) is 3.43. The molecule has 5 aromatic rings. The lowest BCUT2D eigenvalue weighted by Crippen LogP contribution is -2.07. The molecule has 0 aliphatic carbocycles. The van der Waals surface area contributed by atoms with Gasteiger partial charge in [0.25, 0.3) is 5.69 Å². The van der Waals surface area contributed by atoms with E-state index in [0.717, 1.165) is 17.1 Å². The number of nitrogens with one attached hydrogen (secondary N) is 3. The molecule has 2 heterocycles. The number of nitro benzene ring substituents is 1. The highest BCUT2D eigenvalue weighted by atomic mass is 16.6. The molecule has 0 fully saturated rings. The Bertz CT molecular complexity index is 1600. The van der Waals surface area contributed by atoms with Gasteiger partial charge in [-0.15, -0.1) is 0 Å². The minimum Gasteiger partial charge on any atom is -0.497 e. The summed E-state index contributed by atoms with van der Waals surface area (Å²) in [7, 11) is 1.60. The van der Waals surface area contributed by atoms with Gasteiger partial charge in [0, 0.05) is 29.1 Å². The molecule has 0 amide bonds. The lowest BCUT2D eigenvalue weighted by atomic mass is 10.1.